The Labute approximate surface area is 171 Å². The third-order valence-corrected chi connectivity index (χ3v) is 5.42. The first kappa shape index (κ1) is 19.4. The molecular formula is C23H28N4O2. The van der Waals surface area contributed by atoms with Gasteiger partial charge < -0.3 is 14.2 Å². The van der Waals surface area contributed by atoms with Crippen molar-refractivity contribution >= 4 is 17.1 Å². The number of imidazole rings is 1. The summed E-state index contributed by atoms with van der Waals surface area (Å²) in [6.45, 7) is 4.08. The van der Waals surface area contributed by atoms with Crippen molar-refractivity contribution in [3.8, 4) is 5.75 Å². The van der Waals surface area contributed by atoms with Gasteiger partial charge in [-0.2, -0.15) is 0 Å². The average Bonchev–Trinajstić information content (AvgIpc) is 2.91. The summed E-state index contributed by atoms with van der Waals surface area (Å²) < 4.78 is 7.94. The zero-order chi connectivity index (χ0) is 20.2. The zero-order valence-corrected chi connectivity index (χ0v) is 17.2. The molecule has 0 spiro atoms. The van der Waals surface area contributed by atoms with Gasteiger partial charge in [-0.3, -0.25) is 4.79 Å². The summed E-state index contributed by atoms with van der Waals surface area (Å²) in [4.78, 5) is 24.5. The van der Waals surface area contributed by atoms with Crippen LogP contribution in [0.25, 0.3) is 11.2 Å². The third kappa shape index (κ3) is 4.26. The lowest BCUT2D eigenvalue weighted by molar-refractivity contribution is 0.0789. The molecule has 152 valence electrons. The molecule has 6 nitrogen and oxygen atoms in total. The maximum atomic E-state index is 13.2. The van der Waals surface area contributed by atoms with Gasteiger partial charge in [-0.1, -0.05) is 24.6 Å². The van der Waals surface area contributed by atoms with E-state index in [1.54, 1.807) is 4.90 Å². The van der Waals surface area contributed by atoms with Gasteiger partial charge in [0.2, 0.25) is 0 Å². The number of rotatable bonds is 6. The molecule has 0 fully saturated rings. The molecule has 0 aliphatic carbocycles. The SMILES string of the molecule is Cc1cc(C(=O)N(C)CCCOc2ccccc2)c2nc3n(c2n1)CCCCC3. The monoisotopic (exact) mass is 392 g/mol. The second-order valence-corrected chi connectivity index (χ2v) is 7.72. The number of pyridine rings is 1. The first-order chi connectivity index (χ1) is 14.1. The van der Waals surface area contributed by atoms with Gasteiger partial charge >= 0.3 is 0 Å². The number of fused-ring (bicyclic) bond motifs is 3. The van der Waals surface area contributed by atoms with E-state index in [2.05, 4.69) is 4.57 Å². The number of aromatic nitrogens is 3. The summed E-state index contributed by atoms with van der Waals surface area (Å²) >= 11 is 0. The minimum atomic E-state index is -0.00605. The van der Waals surface area contributed by atoms with E-state index < -0.39 is 0 Å². The van der Waals surface area contributed by atoms with E-state index in [0.717, 1.165) is 60.7 Å². The van der Waals surface area contributed by atoms with Crippen LogP contribution in [0.4, 0.5) is 0 Å². The van der Waals surface area contributed by atoms with Gasteiger partial charge in [-0.05, 0) is 44.4 Å². The Hall–Kier alpha value is -2.89. The molecule has 1 aliphatic rings. The lowest BCUT2D eigenvalue weighted by atomic mass is 10.1. The number of amides is 1. The maximum Gasteiger partial charge on any atom is 0.256 e. The third-order valence-electron chi connectivity index (χ3n) is 5.42. The van der Waals surface area contributed by atoms with Crippen LogP contribution in [-0.4, -0.2) is 45.5 Å². The molecule has 0 radical (unpaired) electrons. The molecule has 1 amide bonds. The van der Waals surface area contributed by atoms with E-state index in [1.165, 1.54) is 6.42 Å². The van der Waals surface area contributed by atoms with Crippen LogP contribution in [0, 0.1) is 6.92 Å². The van der Waals surface area contributed by atoms with E-state index in [9.17, 15) is 4.79 Å². The highest BCUT2D eigenvalue weighted by molar-refractivity contribution is 6.04. The molecular weight excluding hydrogens is 364 g/mol. The van der Waals surface area contributed by atoms with Crippen molar-refractivity contribution in [2.75, 3.05) is 20.2 Å². The van der Waals surface area contributed by atoms with Crippen molar-refractivity contribution < 1.29 is 9.53 Å². The summed E-state index contributed by atoms with van der Waals surface area (Å²) in [7, 11) is 1.84. The largest absolute Gasteiger partial charge is 0.494 e. The normalized spacial score (nSPS) is 13.7. The molecule has 0 saturated heterocycles. The van der Waals surface area contributed by atoms with E-state index in [4.69, 9.17) is 14.7 Å². The van der Waals surface area contributed by atoms with Gasteiger partial charge in [0, 0.05) is 32.3 Å². The average molecular weight is 393 g/mol. The van der Waals surface area contributed by atoms with Crippen molar-refractivity contribution in [1.82, 2.24) is 19.4 Å². The fourth-order valence-corrected chi connectivity index (χ4v) is 3.89. The molecule has 1 aromatic carbocycles. The number of benzene rings is 1. The molecule has 2 aromatic heterocycles. The first-order valence-corrected chi connectivity index (χ1v) is 10.4. The van der Waals surface area contributed by atoms with Gasteiger partial charge in [-0.25, -0.2) is 9.97 Å². The summed E-state index contributed by atoms with van der Waals surface area (Å²) in [6.07, 6.45) is 5.22. The Morgan fingerprint density at radius 1 is 1.17 bits per heavy atom. The Kier molecular flexibility index (Phi) is 5.79. The topological polar surface area (TPSA) is 60.3 Å². The highest BCUT2D eigenvalue weighted by atomic mass is 16.5. The molecule has 0 N–H and O–H groups in total. The van der Waals surface area contributed by atoms with E-state index in [1.807, 2.05) is 50.4 Å². The van der Waals surface area contributed by atoms with Crippen molar-refractivity contribution in [3.63, 3.8) is 0 Å². The first-order valence-electron chi connectivity index (χ1n) is 10.4. The van der Waals surface area contributed by atoms with Crippen LogP contribution in [0.15, 0.2) is 36.4 Å². The molecule has 3 aromatic rings. The summed E-state index contributed by atoms with van der Waals surface area (Å²) in [6, 6.07) is 11.6. The van der Waals surface area contributed by atoms with Crippen molar-refractivity contribution in [1.29, 1.82) is 0 Å². The van der Waals surface area contributed by atoms with Gasteiger partial charge in [0.15, 0.2) is 5.65 Å². The van der Waals surface area contributed by atoms with Crippen LogP contribution in [0.2, 0.25) is 0 Å². The number of hydrogen-bond acceptors (Lipinski definition) is 4. The number of carbonyl (C=O) groups is 1. The molecule has 0 bridgehead atoms. The highest BCUT2D eigenvalue weighted by Gasteiger charge is 2.22. The fraction of sp³-hybridized carbons (Fsp3) is 0.435. The van der Waals surface area contributed by atoms with Crippen LogP contribution in [0.1, 0.15) is 47.6 Å². The van der Waals surface area contributed by atoms with E-state index >= 15 is 0 Å². The molecule has 1 aliphatic heterocycles. The molecule has 0 saturated carbocycles. The number of aryl methyl sites for hydroxylation is 3. The van der Waals surface area contributed by atoms with Crippen LogP contribution in [-0.2, 0) is 13.0 Å². The lowest BCUT2D eigenvalue weighted by Crippen LogP contribution is -2.29. The van der Waals surface area contributed by atoms with Crippen molar-refractivity contribution in [2.45, 2.75) is 45.6 Å². The van der Waals surface area contributed by atoms with Crippen LogP contribution in [0.3, 0.4) is 0 Å². The Balaban J connectivity index is 1.47. The quantitative estimate of drug-likeness (QED) is 0.595. The number of para-hydroxylation sites is 1. The van der Waals surface area contributed by atoms with Crippen LogP contribution >= 0.6 is 0 Å². The van der Waals surface area contributed by atoms with Crippen molar-refractivity contribution in [2.24, 2.45) is 0 Å². The number of ether oxygens (including phenoxy) is 1. The van der Waals surface area contributed by atoms with Gasteiger partial charge in [0.05, 0.1) is 12.2 Å². The number of nitrogens with zero attached hydrogens (tertiary/aromatic N) is 4. The Morgan fingerprint density at radius 2 is 2.00 bits per heavy atom. The molecule has 0 unspecified atom stereocenters. The van der Waals surface area contributed by atoms with Crippen molar-refractivity contribution in [3.05, 3.63) is 53.5 Å². The smallest absolute Gasteiger partial charge is 0.256 e. The van der Waals surface area contributed by atoms with Gasteiger partial charge in [0.25, 0.3) is 5.91 Å². The van der Waals surface area contributed by atoms with Gasteiger partial charge in [0.1, 0.15) is 17.1 Å². The fourth-order valence-electron chi connectivity index (χ4n) is 3.89. The second-order valence-electron chi connectivity index (χ2n) is 7.72. The summed E-state index contributed by atoms with van der Waals surface area (Å²) in [5.74, 6) is 1.91. The summed E-state index contributed by atoms with van der Waals surface area (Å²) in [5, 5.41) is 0. The highest BCUT2D eigenvalue weighted by Crippen LogP contribution is 2.24. The van der Waals surface area contributed by atoms with Crippen LogP contribution in [0.5, 0.6) is 5.75 Å². The van der Waals surface area contributed by atoms with Crippen LogP contribution < -0.4 is 4.74 Å². The Morgan fingerprint density at radius 3 is 2.83 bits per heavy atom. The standard InChI is InChI=1S/C23H28N4O2/c1-17-16-19(21-22(24-17)27-14-8-4-7-12-20(27)25-21)23(28)26(2)13-9-15-29-18-10-5-3-6-11-18/h3,5-6,10-11,16H,4,7-9,12-15H2,1-2H3. The molecule has 29 heavy (non-hydrogen) atoms. The van der Waals surface area contributed by atoms with E-state index in [-0.39, 0.29) is 5.91 Å². The van der Waals surface area contributed by atoms with Gasteiger partial charge in [-0.15, -0.1) is 0 Å². The molecule has 3 heterocycles. The summed E-state index contributed by atoms with van der Waals surface area (Å²) in [5.41, 5.74) is 3.10. The second kappa shape index (κ2) is 8.64. The zero-order valence-electron chi connectivity index (χ0n) is 17.2. The minimum absolute atomic E-state index is 0.00605. The van der Waals surface area contributed by atoms with E-state index in [0.29, 0.717) is 18.7 Å². The minimum Gasteiger partial charge on any atom is -0.494 e. The maximum absolute atomic E-state index is 13.2. The number of carbonyl (C=O) groups excluding carboxylic acids is 1. The predicted octanol–water partition coefficient (Wildman–Crippen LogP) is 4.01. The predicted molar refractivity (Wildman–Crippen MR) is 113 cm³/mol. The Bertz CT molecular complexity index is 997. The molecule has 0 atom stereocenters. The number of hydrogen-bond donors (Lipinski definition) is 0. The lowest BCUT2D eigenvalue weighted by Gasteiger charge is -2.18. The molecule has 4 rings (SSSR count). The molecule has 6 heteroatoms.